The Morgan fingerprint density at radius 2 is 1.54 bits per heavy atom. The van der Waals surface area contributed by atoms with Gasteiger partial charge in [-0.3, -0.25) is 0 Å². The van der Waals surface area contributed by atoms with E-state index in [9.17, 15) is 0 Å². The van der Waals surface area contributed by atoms with Crippen molar-refractivity contribution in [1.29, 1.82) is 0 Å². The van der Waals surface area contributed by atoms with Crippen LogP contribution < -0.4 is 10.6 Å². The number of aryl methyl sites for hydroxylation is 3. The summed E-state index contributed by atoms with van der Waals surface area (Å²) in [5.74, 6) is 1.43. The molecule has 4 nitrogen and oxygen atoms in total. The first kappa shape index (κ1) is 16.0. The highest BCUT2D eigenvalue weighted by atomic mass is 15.1. The van der Waals surface area contributed by atoms with Gasteiger partial charge in [0.2, 0.25) is 5.95 Å². The van der Waals surface area contributed by atoms with Crippen molar-refractivity contribution in [3.8, 4) is 0 Å². The van der Waals surface area contributed by atoms with Gasteiger partial charge in [0.05, 0.1) is 0 Å². The van der Waals surface area contributed by atoms with E-state index in [0.717, 1.165) is 17.2 Å². The monoisotopic (exact) mass is 318 g/mol. The Morgan fingerprint density at radius 1 is 0.833 bits per heavy atom. The number of nitrogens with one attached hydrogen (secondary N) is 2. The maximum atomic E-state index is 4.58. The van der Waals surface area contributed by atoms with Crippen LogP contribution in [0, 0.1) is 20.8 Å². The summed E-state index contributed by atoms with van der Waals surface area (Å²) in [6, 6.07) is 18.4. The lowest BCUT2D eigenvalue weighted by atomic mass is 10.1. The number of para-hydroxylation sites is 1. The van der Waals surface area contributed by atoms with Crippen molar-refractivity contribution in [1.82, 2.24) is 9.97 Å². The fourth-order valence-corrected chi connectivity index (χ4v) is 2.55. The van der Waals surface area contributed by atoms with Gasteiger partial charge in [-0.15, -0.1) is 0 Å². The van der Waals surface area contributed by atoms with Crippen LogP contribution >= 0.6 is 0 Å². The molecule has 0 amide bonds. The van der Waals surface area contributed by atoms with E-state index in [1.54, 1.807) is 0 Å². The van der Waals surface area contributed by atoms with Gasteiger partial charge in [-0.05, 0) is 43.5 Å². The number of anilines is 3. The lowest BCUT2D eigenvalue weighted by Crippen LogP contribution is -2.07. The SMILES string of the molecule is Cc1cc(Nc2ccccc2C)nc(NCc2ccccc2C)n1. The van der Waals surface area contributed by atoms with Gasteiger partial charge in [0.15, 0.2) is 0 Å². The third-order valence-electron chi connectivity index (χ3n) is 3.96. The Balaban J connectivity index is 1.77. The molecule has 0 aliphatic rings. The summed E-state index contributed by atoms with van der Waals surface area (Å²) in [7, 11) is 0. The van der Waals surface area contributed by atoms with E-state index in [-0.39, 0.29) is 0 Å². The third-order valence-corrected chi connectivity index (χ3v) is 3.96. The minimum absolute atomic E-state index is 0.634. The molecule has 2 aromatic carbocycles. The molecule has 2 N–H and O–H groups in total. The zero-order valence-electron chi connectivity index (χ0n) is 14.3. The van der Waals surface area contributed by atoms with Gasteiger partial charge in [-0.1, -0.05) is 42.5 Å². The van der Waals surface area contributed by atoms with Crippen LogP contribution in [-0.4, -0.2) is 9.97 Å². The molecule has 0 radical (unpaired) electrons. The predicted molar refractivity (Wildman–Crippen MR) is 99.7 cm³/mol. The highest BCUT2D eigenvalue weighted by Crippen LogP contribution is 2.20. The second-order valence-corrected chi connectivity index (χ2v) is 5.94. The largest absolute Gasteiger partial charge is 0.350 e. The lowest BCUT2D eigenvalue weighted by Gasteiger charge is -2.12. The normalized spacial score (nSPS) is 10.5. The molecule has 0 aliphatic carbocycles. The zero-order valence-corrected chi connectivity index (χ0v) is 14.3. The molecule has 0 saturated heterocycles. The molecule has 4 heteroatoms. The maximum absolute atomic E-state index is 4.58. The Hall–Kier alpha value is -2.88. The summed E-state index contributed by atoms with van der Waals surface area (Å²) in [5, 5.41) is 6.69. The average Bonchev–Trinajstić information content (AvgIpc) is 2.56. The van der Waals surface area contributed by atoms with Gasteiger partial charge in [-0.2, -0.15) is 4.98 Å². The van der Waals surface area contributed by atoms with Crippen LogP contribution in [0.5, 0.6) is 0 Å². The maximum Gasteiger partial charge on any atom is 0.225 e. The minimum atomic E-state index is 0.634. The summed E-state index contributed by atoms with van der Waals surface area (Å²) >= 11 is 0. The number of hydrogen-bond donors (Lipinski definition) is 2. The van der Waals surface area contributed by atoms with Gasteiger partial charge >= 0.3 is 0 Å². The summed E-state index contributed by atoms with van der Waals surface area (Å²) in [5.41, 5.74) is 5.67. The molecule has 3 aromatic rings. The van der Waals surface area contributed by atoms with E-state index >= 15 is 0 Å². The standard InChI is InChI=1S/C20H22N4/c1-14-8-4-6-10-17(14)13-21-20-22-16(3)12-19(24-20)23-18-11-7-5-9-15(18)2/h4-12H,13H2,1-3H3,(H2,21,22,23,24). The molecule has 24 heavy (non-hydrogen) atoms. The van der Waals surface area contributed by atoms with Crippen molar-refractivity contribution in [2.45, 2.75) is 27.3 Å². The van der Waals surface area contributed by atoms with E-state index in [1.165, 1.54) is 16.7 Å². The van der Waals surface area contributed by atoms with Gasteiger partial charge < -0.3 is 10.6 Å². The quantitative estimate of drug-likeness (QED) is 0.712. The lowest BCUT2D eigenvalue weighted by molar-refractivity contribution is 1.02. The van der Waals surface area contributed by atoms with Crippen LogP contribution in [0.3, 0.4) is 0 Å². The van der Waals surface area contributed by atoms with Crippen LogP contribution in [0.25, 0.3) is 0 Å². The zero-order chi connectivity index (χ0) is 16.9. The summed E-state index contributed by atoms with van der Waals surface area (Å²) in [4.78, 5) is 9.06. The molecule has 0 unspecified atom stereocenters. The Morgan fingerprint density at radius 3 is 2.29 bits per heavy atom. The first-order valence-corrected chi connectivity index (χ1v) is 8.08. The summed E-state index contributed by atoms with van der Waals surface area (Å²) < 4.78 is 0. The summed E-state index contributed by atoms with van der Waals surface area (Å²) in [6.45, 7) is 6.87. The molecule has 3 rings (SSSR count). The van der Waals surface area contributed by atoms with Gasteiger partial charge in [-0.25, -0.2) is 4.98 Å². The van der Waals surface area contributed by atoms with Gasteiger partial charge in [0, 0.05) is 24.0 Å². The van der Waals surface area contributed by atoms with Crippen LogP contribution in [0.15, 0.2) is 54.6 Å². The molecule has 0 saturated carbocycles. The molecule has 0 bridgehead atoms. The number of aromatic nitrogens is 2. The number of benzene rings is 2. The van der Waals surface area contributed by atoms with Crippen LogP contribution in [0.2, 0.25) is 0 Å². The van der Waals surface area contributed by atoms with Crippen LogP contribution in [0.1, 0.15) is 22.4 Å². The van der Waals surface area contributed by atoms with Crippen molar-refractivity contribution >= 4 is 17.5 Å². The fourth-order valence-electron chi connectivity index (χ4n) is 2.55. The van der Waals surface area contributed by atoms with E-state index in [1.807, 2.05) is 43.3 Å². The number of rotatable bonds is 5. The molecule has 0 fully saturated rings. The molecule has 1 aromatic heterocycles. The van der Waals surface area contributed by atoms with Crippen molar-refractivity contribution in [2.75, 3.05) is 10.6 Å². The number of nitrogens with zero attached hydrogens (tertiary/aromatic N) is 2. The molecule has 0 aliphatic heterocycles. The van der Waals surface area contributed by atoms with Crippen molar-refractivity contribution in [2.24, 2.45) is 0 Å². The van der Waals surface area contributed by atoms with Crippen LogP contribution in [0.4, 0.5) is 17.5 Å². The van der Waals surface area contributed by atoms with E-state index in [2.05, 4.69) is 52.6 Å². The highest BCUT2D eigenvalue weighted by molar-refractivity contribution is 5.61. The Labute approximate surface area is 143 Å². The second-order valence-electron chi connectivity index (χ2n) is 5.94. The summed E-state index contributed by atoms with van der Waals surface area (Å²) in [6.07, 6.45) is 0. The molecular weight excluding hydrogens is 296 g/mol. The topological polar surface area (TPSA) is 49.8 Å². The first-order chi connectivity index (χ1) is 11.6. The van der Waals surface area contributed by atoms with Crippen molar-refractivity contribution in [3.05, 3.63) is 77.0 Å². The molecule has 1 heterocycles. The van der Waals surface area contributed by atoms with E-state index in [0.29, 0.717) is 12.5 Å². The first-order valence-electron chi connectivity index (χ1n) is 8.08. The fraction of sp³-hybridized carbons (Fsp3) is 0.200. The second kappa shape index (κ2) is 7.13. The minimum Gasteiger partial charge on any atom is -0.350 e. The number of hydrogen-bond acceptors (Lipinski definition) is 4. The Kier molecular flexibility index (Phi) is 4.75. The van der Waals surface area contributed by atoms with Crippen LogP contribution in [-0.2, 0) is 6.54 Å². The van der Waals surface area contributed by atoms with Crippen molar-refractivity contribution in [3.63, 3.8) is 0 Å². The molecular formula is C20H22N4. The predicted octanol–water partition coefficient (Wildman–Crippen LogP) is 4.76. The van der Waals surface area contributed by atoms with Gasteiger partial charge in [0.25, 0.3) is 0 Å². The smallest absolute Gasteiger partial charge is 0.225 e. The van der Waals surface area contributed by atoms with Crippen molar-refractivity contribution < 1.29 is 0 Å². The highest BCUT2D eigenvalue weighted by Gasteiger charge is 2.05. The molecule has 0 atom stereocenters. The van der Waals surface area contributed by atoms with E-state index in [4.69, 9.17) is 0 Å². The van der Waals surface area contributed by atoms with Gasteiger partial charge in [0.1, 0.15) is 5.82 Å². The molecule has 0 spiro atoms. The molecule has 122 valence electrons. The van der Waals surface area contributed by atoms with E-state index < -0.39 is 0 Å². The third kappa shape index (κ3) is 3.90. The average molecular weight is 318 g/mol. The Bertz CT molecular complexity index is 843.